The Balaban J connectivity index is 1.93. The van der Waals surface area contributed by atoms with Crippen LogP contribution in [0.3, 0.4) is 0 Å². The highest BCUT2D eigenvalue weighted by Crippen LogP contribution is 2.37. The molecule has 2 fully saturated rings. The van der Waals surface area contributed by atoms with Crippen LogP contribution in [0.15, 0.2) is 30.3 Å². The number of rotatable bonds is 3. The zero-order valence-electron chi connectivity index (χ0n) is 13.1. The van der Waals surface area contributed by atoms with Crippen molar-refractivity contribution in [1.82, 2.24) is 15.5 Å². The molecule has 1 aliphatic carbocycles. The molecular formula is C16H16F3N3O3. The highest BCUT2D eigenvalue weighted by Gasteiger charge is 2.69. The molecule has 1 aromatic rings. The second-order valence-corrected chi connectivity index (χ2v) is 6.11. The number of amides is 4. The first kappa shape index (κ1) is 17.2. The monoisotopic (exact) mass is 355 g/mol. The van der Waals surface area contributed by atoms with Gasteiger partial charge in [0.15, 0.2) is 0 Å². The normalized spacial score (nSPS) is 24.5. The smallest absolute Gasteiger partial charge is 0.314 e. The minimum absolute atomic E-state index is 0.0486. The van der Waals surface area contributed by atoms with Crippen LogP contribution in [-0.2, 0) is 4.79 Å². The predicted octanol–water partition coefficient (Wildman–Crippen LogP) is 2.17. The van der Waals surface area contributed by atoms with Crippen LogP contribution in [0.5, 0.6) is 0 Å². The van der Waals surface area contributed by atoms with Crippen molar-refractivity contribution in [3.63, 3.8) is 0 Å². The van der Waals surface area contributed by atoms with E-state index >= 15 is 0 Å². The molecule has 1 atom stereocenters. The molecule has 1 heterocycles. The standard InChI is InChI=1S/C16H16F3N3O3/c17-16(18,19)15(20-12(23)10-6-2-1-3-7-10)13(24)22(14(25)21-15)11-8-4-5-9-11/h1-3,6-7,11H,4-5,8-9H2,(H,20,23)(H,21,25)/t15-/m1/s1. The van der Waals surface area contributed by atoms with E-state index in [1.54, 1.807) is 16.7 Å². The summed E-state index contributed by atoms with van der Waals surface area (Å²) in [7, 11) is 0. The zero-order chi connectivity index (χ0) is 18.2. The molecule has 2 N–H and O–H groups in total. The summed E-state index contributed by atoms with van der Waals surface area (Å²) in [6, 6.07) is 5.48. The Morgan fingerprint density at radius 3 is 2.32 bits per heavy atom. The van der Waals surface area contributed by atoms with Crippen LogP contribution in [0.2, 0.25) is 0 Å². The van der Waals surface area contributed by atoms with E-state index in [2.05, 4.69) is 0 Å². The fourth-order valence-corrected chi connectivity index (χ4v) is 3.22. The molecule has 2 aliphatic rings. The van der Waals surface area contributed by atoms with E-state index in [0.717, 1.165) is 12.8 Å². The number of alkyl halides is 3. The highest BCUT2D eigenvalue weighted by molar-refractivity contribution is 6.10. The molecule has 0 spiro atoms. The lowest BCUT2D eigenvalue weighted by atomic mass is 10.1. The maximum atomic E-state index is 13.7. The van der Waals surface area contributed by atoms with Crippen molar-refractivity contribution in [2.75, 3.05) is 0 Å². The second-order valence-electron chi connectivity index (χ2n) is 6.11. The van der Waals surface area contributed by atoms with Crippen LogP contribution in [0.25, 0.3) is 0 Å². The lowest BCUT2D eigenvalue weighted by Gasteiger charge is -2.30. The maximum Gasteiger partial charge on any atom is 0.440 e. The number of nitrogens with one attached hydrogen (secondary N) is 2. The maximum absolute atomic E-state index is 13.7. The largest absolute Gasteiger partial charge is 0.440 e. The third-order valence-corrected chi connectivity index (χ3v) is 4.50. The Hall–Kier alpha value is -2.58. The van der Waals surface area contributed by atoms with Gasteiger partial charge in [-0.15, -0.1) is 0 Å². The van der Waals surface area contributed by atoms with Crippen molar-refractivity contribution >= 4 is 17.8 Å². The minimum atomic E-state index is -5.18. The van der Waals surface area contributed by atoms with Crippen LogP contribution in [-0.4, -0.2) is 40.6 Å². The lowest BCUT2D eigenvalue weighted by molar-refractivity contribution is -0.200. The number of halogens is 3. The van der Waals surface area contributed by atoms with Gasteiger partial charge in [0, 0.05) is 11.6 Å². The SMILES string of the molecule is O=C(N[C@@]1(C(F)(F)F)NC(=O)N(C2CCCC2)C1=O)c1ccccc1. The van der Waals surface area contributed by atoms with Crippen LogP contribution < -0.4 is 10.6 Å². The summed E-state index contributed by atoms with van der Waals surface area (Å²) in [5.41, 5.74) is -3.49. The summed E-state index contributed by atoms with van der Waals surface area (Å²) in [5, 5.41) is 3.36. The summed E-state index contributed by atoms with van der Waals surface area (Å²) in [5.74, 6) is -2.58. The number of carbonyl (C=O) groups excluding carboxylic acids is 3. The van der Waals surface area contributed by atoms with E-state index in [9.17, 15) is 27.6 Å². The molecule has 3 rings (SSSR count). The number of carbonyl (C=O) groups is 3. The lowest BCUT2D eigenvalue weighted by Crippen LogP contribution is -2.69. The van der Waals surface area contributed by atoms with Crippen LogP contribution in [0.1, 0.15) is 36.0 Å². The van der Waals surface area contributed by atoms with E-state index in [-0.39, 0.29) is 5.56 Å². The van der Waals surface area contributed by atoms with Crippen molar-refractivity contribution in [1.29, 1.82) is 0 Å². The number of benzene rings is 1. The summed E-state index contributed by atoms with van der Waals surface area (Å²) >= 11 is 0. The molecule has 1 aliphatic heterocycles. The van der Waals surface area contributed by atoms with Gasteiger partial charge < -0.3 is 5.32 Å². The van der Waals surface area contributed by atoms with Gasteiger partial charge in [0.05, 0.1) is 0 Å². The van der Waals surface area contributed by atoms with Crippen molar-refractivity contribution in [2.45, 2.75) is 43.6 Å². The molecular weight excluding hydrogens is 339 g/mol. The summed E-state index contributed by atoms with van der Waals surface area (Å²) in [4.78, 5) is 37.4. The molecule has 1 saturated heterocycles. The fraction of sp³-hybridized carbons (Fsp3) is 0.438. The first-order valence-corrected chi connectivity index (χ1v) is 7.86. The minimum Gasteiger partial charge on any atom is -0.314 e. The number of hydrogen-bond donors (Lipinski definition) is 2. The summed E-state index contributed by atoms with van der Waals surface area (Å²) in [6.45, 7) is 0. The van der Waals surface area contributed by atoms with E-state index in [1.165, 1.54) is 24.3 Å². The highest BCUT2D eigenvalue weighted by atomic mass is 19.4. The Morgan fingerprint density at radius 1 is 1.16 bits per heavy atom. The number of urea groups is 1. The van der Waals surface area contributed by atoms with Crippen LogP contribution in [0.4, 0.5) is 18.0 Å². The van der Waals surface area contributed by atoms with Crippen molar-refractivity contribution in [3.8, 4) is 0 Å². The van der Waals surface area contributed by atoms with Gasteiger partial charge in [0.25, 0.3) is 17.5 Å². The van der Waals surface area contributed by atoms with Gasteiger partial charge in [-0.2, -0.15) is 13.2 Å². The molecule has 0 bridgehead atoms. The van der Waals surface area contributed by atoms with Crippen molar-refractivity contribution < 1.29 is 27.6 Å². The Labute approximate surface area is 141 Å². The average molecular weight is 355 g/mol. The van der Waals surface area contributed by atoms with E-state index < -0.39 is 35.7 Å². The summed E-state index contributed by atoms with van der Waals surface area (Å²) < 4.78 is 41.1. The van der Waals surface area contributed by atoms with Gasteiger partial charge in [0.2, 0.25) is 0 Å². The molecule has 1 saturated carbocycles. The number of imide groups is 1. The third-order valence-electron chi connectivity index (χ3n) is 4.50. The zero-order valence-corrected chi connectivity index (χ0v) is 13.1. The van der Waals surface area contributed by atoms with Gasteiger partial charge in [0.1, 0.15) is 0 Å². The topological polar surface area (TPSA) is 78.5 Å². The van der Waals surface area contributed by atoms with Gasteiger partial charge in [-0.1, -0.05) is 31.0 Å². The van der Waals surface area contributed by atoms with Gasteiger partial charge in [-0.3, -0.25) is 19.8 Å². The quantitative estimate of drug-likeness (QED) is 0.816. The molecule has 9 heteroatoms. The molecule has 4 amide bonds. The Kier molecular flexibility index (Phi) is 4.18. The van der Waals surface area contributed by atoms with E-state index in [4.69, 9.17) is 0 Å². The second kappa shape index (κ2) is 6.05. The molecule has 1 aromatic carbocycles. The van der Waals surface area contributed by atoms with E-state index in [0.29, 0.717) is 17.7 Å². The molecule has 0 radical (unpaired) electrons. The van der Waals surface area contributed by atoms with Gasteiger partial charge in [-0.25, -0.2) is 4.79 Å². The molecule has 6 nitrogen and oxygen atoms in total. The molecule has 134 valence electrons. The first-order valence-electron chi connectivity index (χ1n) is 7.86. The Morgan fingerprint density at radius 2 is 1.76 bits per heavy atom. The van der Waals surface area contributed by atoms with Crippen molar-refractivity contribution in [2.24, 2.45) is 0 Å². The predicted molar refractivity (Wildman–Crippen MR) is 80.3 cm³/mol. The summed E-state index contributed by atoms with van der Waals surface area (Å²) in [6.07, 6.45) is -2.80. The van der Waals surface area contributed by atoms with Crippen molar-refractivity contribution in [3.05, 3.63) is 35.9 Å². The average Bonchev–Trinajstić information content (AvgIpc) is 3.15. The van der Waals surface area contributed by atoms with Crippen LogP contribution >= 0.6 is 0 Å². The molecule has 25 heavy (non-hydrogen) atoms. The fourth-order valence-electron chi connectivity index (χ4n) is 3.22. The van der Waals surface area contributed by atoms with Gasteiger partial charge in [-0.05, 0) is 25.0 Å². The number of hydrogen-bond acceptors (Lipinski definition) is 3. The first-order chi connectivity index (χ1) is 11.8. The Bertz CT molecular complexity index is 702. The van der Waals surface area contributed by atoms with E-state index in [1.807, 2.05) is 0 Å². The van der Waals surface area contributed by atoms with Gasteiger partial charge >= 0.3 is 12.2 Å². The van der Waals surface area contributed by atoms with Crippen LogP contribution in [0, 0.1) is 0 Å². The molecule has 0 aromatic heterocycles. The molecule has 0 unspecified atom stereocenters. The third kappa shape index (κ3) is 2.83. The number of nitrogens with zero attached hydrogens (tertiary/aromatic N) is 1.